The maximum absolute atomic E-state index is 5.60. The zero-order chi connectivity index (χ0) is 15.0. The molecule has 1 atom stereocenters. The van der Waals surface area contributed by atoms with E-state index in [0.29, 0.717) is 11.5 Å². The van der Waals surface area contributed by atoms with E-state index >= 15 is 0 Å². The Morgan fingerprint density at radius 1 is 1.15 bits per heavy atom. The van der Waals surface area contributed by atoms with Gasteiger partial charge in [-0.3, -0.25) is 0 Å². The second-order valence-corrected chi connectivity index (χ2v) is 6.99. The Morgan fingerprint density at radius 3 is 2.30 bits per heavy atom. The summed E-state index contributed by atoms with van der Waals surface area (Å²) >= 11 is 0. The van der Waals surface area contributed by atoms with Gasteiger partial charge in [-0.05, 0) is 30.7 Å². The molecule has 1 saturated heterocycles. The molecule has 0 saturated carbocycles. The van der Waals surface area contributed by atoms with E-state index in [4.69, 9.17) is 4.74 Å². The highest BCUT2D eigenvalue weighted by Crippen LogP contribution is 2.31. The van der Waals surface area contributed by atoms with Gasteiger partial charge in [0.25, 0.3) is 0 Å². The Labute approximate surface area is 126 Å². The predicted molar refractivity (Wildman–Crippen MR) is 87.2 cm³/mol. The first-order chi connectivity index (χ1) is 9.51. The minimum atomic E-state index is 0.409. The van der Waals surface area contributed by atoms with Crippen LogP contribution in [0.5, 0.6) is 0 Å². The lowest BCUT2D eigenvalue weighted by atomic mass is 9.79. The molecule has 1 aliphatic heterocycles. The third-order valence-corrected chi connectivity index (χ3v) is 4.71. The Morgan fingerprint density at radius 2 is 1.80 bits per heavy atom. The normalized spacial score (nSPS) is 20.6. The Balaban J connectivity index is 2.61. The summed E-state index contributed by atoms with van der Waals surface area (Å²) in [4.78, 5) is 2.65. The molecule has 0 spiro atoms. The van der Waals surface area contributed by atoms with E-state index in [1.165, 1.54) is 32.4 Å². The van der Waals surface area contributed by atoms with Gasteiger partial charge >= 0.3 is 0 Å². The fourth-order valence-corrected chi connectivity index (χ4v) is 2.97. The van der Waals surface area contributed by atoms with Crippen LogP contribution in [-0.2, 0) is 4.74 Å². The van der Waals surface area contributed by atoms with Gasteiger partial charge in [-0.25, -0.2) is 0 Å². The van der Waals surface area contributed by atoms with E-state index in [1.54, 1.807) is 0 Å². The zero-order valence-electron chi connectivity index (χ0n) is 14.4. The molecule has 0 aliphatic carbocycles. The van der Waals surface area contributed by atoms with E-state index in [2.05, 4.69) is 44.8 Å². The van der Waals surface area contributed by atoms with Gasteiger partial charge < -0.3 is 15.0 Å². The molecule has 0 amide bonds. The van der Waals surface area contributed by atoms with Crippen molar-refractivity contribution in [3.63, 3.8) is 0 Å². The summed E-state index contributed by atoms with van der Waals surface area (Å²) < 4.78 is 5.60. The van der Waals surface area contributed by atoms with E-state index in [0.717, 1.165) is 32.2 Å². The average Bonchev–Trinajstić information content (AvgIpc) is 2.45. The molecule has 20 heavy (non-hydrogen) atoms. The van der Waals surface area contributed by atoms with Gasteiger partial charge in [-0.15, -0.1) is 0 Å². The van der Waals surface area contributed by atoms with E-state index in [1.807, 2.05) is 0 Å². The second kappa shape index (κ2) is 9.01. The summed E-state index contributed by atoms with van der Waals surface area (Å²) in [5.74, 6) is 0.796. The number of ether oxygens (including phenoxy) is 1. The van der Waals surface area contributed by atoms with Crippen LogP contribution in [0.25, 0.3) is 0 Å². The summed E-state index contributed by atoms with van der Waals surface area (Å²) in [5.41, 5.74) is 0.409. The van der Waals surface area contributed by atoms with Gasteiger partial charge in [0.2, 0.25) is 0 Å². The van der Waals surface area contributed by atoms with Gasteiger partial charge in [0.05, 0.1) is 0 Å². The molecule has 0 radical (unpaired) electrons. The molecule has 1 aliphatic rings. The van der Waals surface area contributed by atoms with Crippen molar-refractivity contribution in [2.24, 2.45) is 11.3 Å². The molecule has 0 aromatic heterocycles. The molecule has 120 valence electrons. The predicted octanol–water partition coefficient (Wildman–Crippen LogP) is 3.15. The number of hydrogen-bond donors (Lipinski definition) is 1. The average molecular weight is 284 g/mol. The van der Waals surface area contributed by atoms with Crippen LogP contribution in [0, 0.1) is 11.3 Å². The fourth-order valence-electron chi connectivity index (χ4n) is 2.97. The van der Waals surface area contributed by atoms with Crippen molar-refractivity contribution >= 4 is 0 Å². The van der Waals surface area contributed by atoms with E-state index in [9.17, 15) is 0 Å². The minimum Gasteiger partial charge on any atom is -0.381 e. The first-order valence-electron chi connectivity index (χ1n) is 8.55. The lowest BCUT2D eigenvalue weighted by Gasteiger charge is -2.42. The van der Waals surface area contributed by atoms with E-state index in [-0.39, 0.29) is 0 Å². The SMILES string of the molecule is CCC(C)CN(CC)CC1(CNC(C)C)CCOCC1. The van der Waals surface area contributed by atoms with Crippen molar-refractivity contribution in [3.05, 3.63) is 0 Å². The number of rotatable bonds is 9. The van der Waals surface area contributed by atoms with E-state index < -0.39 is 0 Å². The van der Waals surface area contributed by atoms with Gasteiger partial charge in [-0.1, -0.05) is 41.0 Å². The standard InChI is InChI=1S/C17H36N2O/c1-6-16(5)12-19(7-2)14-17(13-18-15(3)4)8-10-20-11-9-17/h15-16,18H,6-14H2,1-5H3. The molecular weight excluding hydrogens is 248 g/mol. The molecule has 1 rings (SSSR count). The molecule has 3 nitrogen and oxygen atoms in total. The van der Waals surface area contributed by atoms with Gasteiger partial charge in [0.1, 0.15) is 0 Å². The van der Waals surface area contributed by atoms with Crippen molar-refractivity contribution in [2.45, 2.75) is 59.9 Å². The minimum absolute atomic E-state index is 0.409. The number of nitrogens with one attached hydrogen (secondary N) is 1. The highest BCUT2D eigenvalue weighted by molar-refractivity contribution is 4.88. The summed E-state index contributed by atoms with van der Waals surface area (Å²) in [5, 5.41) is 3.67. The van der Waals surface area contributed by atoms with Crippen molar-refractivity contribution in [2.75, 3.05) is 39.4 Å². The summed E-state index contributed by atoms with van der Waals surface area (Å²) in [6.07, 6.45) is 3.67. The molecule has 0 aromatic rings. The van der Waals surface area contributed by atoms with Crippen molar-refractivity contribution in [1.82, 2.24) is 10.2 Å². The van der Waals surface area contributed by atoms with Crippen molar-refractivity contribution < 1.29 is 4.74 Å². The quantitative estimate of drug-likeness (QED) is 0.704. The highest BCUT2D eigenvalue weighted by Gasteiger charge is 2.34. The topological polar surface area (TPSA) is 24.5 Å². The molecule has 0 bridgehead atoms. The summed E-state index contributed by atoms with van der Waals surface area (Å²) in [7, 11) is 0. The number of nitrogens with zero attached hydrogens (tertiary/aromatic N) is 1. The largest absolute Gasteiger partial charge is 0.381 e. The molecule has 1 N–H and O–H groups in total. The molecule has 3 heteroatoms. The zero-order valence-corrected chi connectivity index (χ0v) is 14.4. The summed E-state index contributed by atoms with van der Waals surface area (Å²) in [6.45, 7) is 18.0. The first kappa shape index (κ1) is 17.9. The van der Waals surface area contributed by atoms with Gasteiger partial charge in [-0.2, -0.15) is 0 Å². The van der Waals surface area contributed by atoms with Crippen LogP contribution in [0.1, 0.15) is 53.9 Å². The van der Waals surface area contributed by atoms with Crippen LogP contribution in [-0.4, -0.2) is 50.3 Å². The maximum Gasteiger partial charge on any atom is 0.0472 e. The third-order valence-electron chi connectivity index (χ3n) is 4.71. The smallest absolute Gasteiger partial charge is 0.0472 e. The number of hydrogen-bond acceptors (Lipinski definition) is 3. The van der Waals surface area contributed by atoms with Crippen molar-refractivity contribution in [3.8, 4) is 0 Å². The molecule has 1 unspecified atom stereocenters. The summed E-state index contributed by atoms with van der Waals surface area (Å²) in [6, 6.07) is 0.569. The van der Waals surface area contributed by atoms with Crippen LogP contribution in [0.4, 0.5) is 0 Å². The Kier molecular flexibility index (Phi) is 8.08. The lowest BCUT2D eigenvalue weighted by Crippen LogP contribution is -2.49. The highest BCUT2D eigenvalue weighted by atomic mass is 16.5. The first-order valence-corrected chi connectivity index (χ1v) is 8.55. The molecular formula is C17H36N2O. The van der Waals surface area contributed by atoms with Crippen molar-refractivity contribution in [1.29, 1.82) is 0 Å². The van der Waals surface area contributed by atoms with Crippen LogP contribution in [0.2, 0.25) is 0 Å². The molecule has 1 fully saturated rings. The van der Waals surface area contributed by atoms with Gasteiger partial charge in [0.15, 0.2) is 0 Å². The second-order valence-electron chi connectivity index (χ2n) is 6.99. The Hall–Kier alpha value is -0.120. The molecule has 1 heterocycles. The van der Waals surface area contributed by atoms with Crippen LogP contribution >= 0.6 is 0 Å². The molecule has 0 aromatic carbocycles. The lowest BCUT2D eigenvalue weighted by molar-refractivity contribution is -0.00642. The van der Waals surface area contributed by atoms with Crippen LogP contribution in [0.3, 0.4) is 0 Å². The fraction of sp³-hybridized carbons (Fsp3) is 1.00. The monoisotopic (exact) mass is 284 g/mol. The maximum atomic E-state index is 5.60. The van der Waals surface area contributed by atoms with Crippen LogP contribution in [0.15, 0.2) is 0 Å². The Bertz CT molecular complexity index is 249. The van der Waals surface area contributed by atoms with Crippen LogP contribution < -0.4 is 5.32 Å². The van der Waals surface area contributed by atoms with Gasteiger partial charge in [0, 0.05) is 38.9 Å². The third kappa shape index (κ3) is 6.11.